The predicted octanol–water partition coefficient (Wildman–Crippen LogP) is 3.85. The van der Waals surface area contributed by atoms with E-state index in [9.17, 15) is 0 Å². The first kappa shape index (κ1) is 12.8. The highest BCUT2D eigenvalue weighted by atomic mass is 15.1. The van der Waals surface area contributed by atoms with Gasteiger partial charge in [-0.05, 0) is 58.5 Å². The molecule has 0 bridgehead atoms. The molecule has 1 atom stereocenters. The second-order valence-corrected chi connectivity index (χ2v) is 5.14. The average Bonchev–Trinajstić information content (AvgIpc) is 2.68. The zero-order valence-electron chi connectivity index (χ0n) is 10.8. The Morgan fingerprint density at radius 3 is 2.47 bits per heavy atom. The molecule has 0 radical (unpaired) electrons. The molecule has 1 saturated heterocycles. The number of rotatable bonds is 6. The SMILES string of the molecule is CCC(CCC=C(C)C)CN1CCCC1. The number of hydrogen-bond acceptors (Lipinski definition) is 1. The van der Waals surface area contributed by atoms with Gasteiger partial charge >= 0.3 is 0 Å². The van der Waals surface area contributed by atoms with E-state index in [-0.39, 0.29) is 0 Å². The third kappa shape index (κ3) is 5.36. The van der Waals surface area contributed by atoms with Crippen molar-refractivity contribution in [2.45, 2.75) is 52.9 Å². The second kappa shape index (κ2) is 7.05. The molecule has 0 aromatic rings. The fourth-order valence-corrected chi connectivity index (χ4v) is 2.36. The Balaban J connectivity index is 2.19. The summed E-state index contributed by atoms with van der Waals surface area (Å²) in [4.78, 5) is 2.65. The van der Waals surface area contributed by atoms with E-state index >= 15 is 0 Å². The van der Waals surface area contributed by atoms with Crippen LogP contribution >= 0.6 is 0 Å². The Morgan fingerprint density at radius 2 is 1.93 bits per heavy atom. The van der Waals surface area contributed by atoms with E-state index in [4.69, 9.17) is 0 Å². The van der Waals surface area contributed by atoms with Gasteiger partial charge in [0.25, 0.3) is 0 Å². The molecule has 1 heteroatoms. The van der Waals surface area contributed by atoms with Crippen molar-refractivity contribution >= 4 is 0 Å². The van der Waals surface area contributed by atoms with E-state index in [1.807, 2.05) is 0 Å². The summed E-state index contributed by atoms with van der Waals surface area (Å²) in [6, 6.07) is 0. The quantitative estimate of drug-likeness (QED) is 0.601. The molecule has 1 heterocycles. The molecule has 0 spiro atoms. The molecular formula is C14H27N. The average molecular weight is 209 g/mol. The highest BCUT2D eigenvalue weighted by Gasteiger charge is 2.15. The first-order chi connectivity index (χ1) is 7.22. The smallest absolute Gasteiger partial charge is 0.000966 e. The fraction of sp³-hybridized carbons (Fsp3) is 0.857. The van der Waals surface area contributed by atoms with Crippen molar-refractivity contribution in [3.63, 3.8) is 0 Å². The summed E-state index contributed by atoms with van der Waals surface area (Å²) in [6.45, 7) is 10.8. The fourth-order valence-electron chi connectivity index (χ4n) is 2.36. The molecule has 0 amide bonds. The van der Waals surface area contributed by atoms with Crippen LogP contribution in [0.15, 0.2) is 11.6 Å². The maximum atomic E-state index is 2.65. The summed E-state index contributed by atoms with van der Waals surface area (Å²) in [6.07, 6.45) is 9.21. The van der Waals surface area contributed by atoms with Crippen LogP contribution in [0, 0.1) is 5.92 Å². The van der Waals surface area contributed by atoms with Crippen molar-refractivity contribution in [2.75, 3.05) is 19.6 Å². The molecule has 15 heavy (non-hydrogen) atoms. The van der Waals surface area contributed by atoms with Crippen LogP contribution in [-0.4, -0.2) is 24.5 Å². The van der Waals surface area contributed by atoms with Crippen molar-refractivity contribution in [1.29, 1.82) is 0 Å². The highest BCUT2D eigenvalue weighted by molar-refractivity contribution is 4.93. The van der Waals surface area contributed by atoms with E-state index in [0.717, 1.165) is 5.92 Å². The normalized spacial score (nSPS) is 19.1. The van der Waals surface area contributed by atoms with E-state index < -0.39 is 0 Å². The monoisotopic (exact) mass is 209 g/mol. The number of allylic oxidation sites excluding steroid dienone is 2. The Labute approximate surface area is 95.5 Å². The lowest BCUT2D eigenvalue weighted by Crippen LogP contribution is -2.26. The maximum Gasteiger partial charge on any atom is 0.000966 e. The predicted molar refractivity (Wildman–Crippen MR) is 68.1 cm³/mol. The Bertz CT molecular complexity index is 186. The summed E-state index contributed by atoms with van der Waals surface area (Å²) in [5.41, 5.74) is 1.46. The van der Waals surface area contributed by atoms with Gasteiger partial charge in [-0.15, -0.1) is 0 Å². The van der Waals surface area contributed by atoms with Crippen LogP contribution in [0.1, 0.15) is 52.9 Å². The number of nitrogens with zero attached hydrogens (tertiary/aromatic N) is 1. The summed E-state index contributed by atoms with van der Waals surface area (Å²) in [7, 11) is 0. The first-order valence-electron chi connectivity index (χ1n) is 6.58. The zero-order chi connectivity index (χ0) is 11.1. The van der Waals surface area contributed by atoms with Crippen molar-refractivity contribution < 1.29 is 0 Å². The Kier molecular flexibility index (Phi) is 6.00. The van der Waals surface area contributed by atoms with Crippen LogP contribution in [0.4, 0.5) is 0 Å². The Hall–Kier alpha value is -0.300. The molecule has 1 fully saturated rings. The van der Waals surface area contributed by atoms with E-state index in [2.05, 4.69) is 31.7 Å². The summed E-state index contributed by atoms with van der Waals surface area (Å²) < 4.78 is 0. The lowest BCUT2D eigenvalue weighted by atomic mass is 9.99. The van der Waals surface area contributed by atoms with Gasteiger partial charge in [-0.1, -0.05) is 25.0 Å². The molecular weight excluding hydrogens is 182 g/mol. The van der Waals surface area contributed by atoms with Crippen LogP contribution in [0.2, 0.25) is 0 Å². The van der Waals surface area contributed by atoms with Gasteiger partial charge in [-0.25, -0.2) is 0 Å². The zero-order valence-corrected chi connectivity index (χ0v) is 10.8. The Morgan fingerprint density at radius 1 is 1.27 bits per heavy atom. The van der Waals surface area contributed by atoms with Gasteiger partial charge in [0, 0.05) is 6.54 Å². The molecule has 1 rings (SSSR count). The molecule has 1 unspecified atom stereocenters. The van der Waals surface area contributed by atoms with Gasteiger partial charge in [-0.3, -0.25) is 0 Å². The molecule has 0 saturated carbocycles. The summed E-state index contributed by atoms with van der Waals surface area (Å²) in [5, 5.41) is 0. The van der Waals surface area contributed by atoms with Gasteiger partial charge in [0.2, 0.25) is 0 Å². The van der Waals surface area contributed by atoms with E-state index in [0.29, 0.717) is 0 Å². The van der Waals surface area contributed by atoms with Crippen molar-refractivity contribution in [3.05, 3.63) is 11.6 Å². The highest BCUT2D eigenvalue weighted by Crippen LogP contribution is 2.17. The largest absolute Gasteiger partial charge is 0.303 e. The lowest BCUT2D eigenvalue weighted by Gasteiger charge is -2.21. The van der Waals surface area contributed by atoms with Crippen LogP contribution < -0.4 is 0 Å². The molecule has 88 valence electrons. The van der Waals surface area contributed by atoms with Crippen molar-refractivity contribution in [1.82, 2.24) is 4.90 Å². The minimum Gasteiger partial charge on any atom is -0.303 e. The molecule has 0 aliphatic carbocycles. The molecule has 1 aliphatic heterocycles. The van der Waals surface area contributed by atoms with Crippen molar-refractivity contribution in [2.24, 2.45) is 5.92 Å². The molecule has 1 nitrogen and oxygen atoms in total. The van der Waals surface area contributed by atoms with Gasteiger partial charge in [0.1, 0.15) is 0 Å². The number of hydrogen-bond donors (Lipinski definition) is 0. The van der Waals surface area contributed by atoms with Crippen LogP contribution in [0.3, 0.4) is 0 Å². The van der Waals surface area contributed by atoms with Gasteiger partial charge in [-0.2, -0.15) is 0 Å². The van der Waals surface area contributed by atoms with E-state index in [1.54, 1.807) is 0 Å². The third-order valence-electron chi connectivity index (χ3n) is 3.42. The van der Waals surface area contributed by atoms with Gasteiger partial charge < -0.3 is 4.90 Å². The molecule has 0 N–H and O–H groups in total. The first-order valence-corrected chi connectivity index (χ1v) is 6.58. The second-order valence-electron chi connectivity index (χ2n) is 5.14. The standard InChI is InChI=1S/C14H27N/c1-4-14(9-7-8-13(2)3)12-15-10-5-6-11-15/h8,14H,4-7,9-12H2,1-3H3. The number of likely N-dealkylation sites (tertiary alicyclic amines) is 1. The molecule has 1 aliphatic rings. The van der Waals surface area contributed by atoms with Crippen molar-refractivity contribution in [3.8, 4) is 0 Å². The van der Waals surface area contributed by atoms with Gasteiger partial charge in [0.15, 0.2) is 0 Å². The summed E-state index contributed by atoms with van der Waals surface area (Å²) in [5.74, 6) is 0.915. The van der Waals surface area contributed by atoms with Crippen LogP contribution in [-0.2, 0) is 0 Å². The minimum atomic E-state index is 0.915. The molecule has 0 aromatic heterocycles. The third-order valence-corrected chi connectivity index (χ3v) is 3.42. The van der Waals surface area contributed by atoms with E-state index in [1.165, 1.54) is 57.3 Å². The minimum absolute atomic E-state index is 0.915. The van der Waals surface area contributed by atoms with Gasteiger partial charge in [0.05, 0.1) is 0 Å². The van der Waals surface area contributed by atoms with Crippen LogP contribution in [0.5, 0.6) is 0 Å². The van der Waals surface area contributed by atoms with Crippen LogP contribution in [0.25, 0.3) is 0 Å². The molecule has 0 aromatic carbocycles. The maximum absolute atomic E-state index is 2.65. The topological polar surface area (TPSA) is 3.24 Å². The summed E-state index contributed by atoms with van der Waals surface area (Å²) >= 11 is 0. The lowest BCUT2D eigenvalue weighted by molar-refractivity contribution is 0.264.